The number of rotatable bonds is 9. The molecule has 2 rings (SSSR count). The fourth-order valence-electron chi connectivity index (χ4n) is 2.46. The van der Waals surface area contributed by atoms with Crippen LogP contribution in [0.1, 0.15) is 24.0 Å². The second kappa shape index (κ2) is 11.8. The lowest BCUT2D eigenvalue weighted by Crippen LogP contribution is -2.20. The standard InChI is InChI=1S/C22H22IN3O4/c1-4-11-30-22-17(23)12-16(13-19(22)29-3)14-24-26-21(28)10-9-20(27)25-18-8-6-5-7-15(18)2/h1,5-8,12-14H,9-11H2,2-3H3,(H,25,27)(H,26,28). The van der Waals surface area contributed by atoms with Crippen molar-refractivity contribution in [3.8, 4) is 23.8 Å². The van der Waals surface area contributed by atoms with Crippen molar-refractivity contribution in [3.05, 3.63) is 51.1 Å². The van der Waals surface area contributed by atoms with Crippen molar-refractivity contribution < 1.29 is 19.1 Å². The van der Waals surface area contributed by atoms with Gasteiger partial charge < -0.3 is 14.8 Å². The predicted molar refractivity (Wildman–Crippen MR) is 125 cm³/mol. The predicted octanol–water partition coefficient (Wildman–Crippen LogP) is 3.49. The lowest BCUT2D eigenvalue weighted by molar-refractivity contribution is -0.124. The summed E-state index contributed by atoms with van der Waals surface area (Å²) in [5, 5.41) is 6.73. The summed E-state index contributed by atoms with van der Waals surface area (Å²) in [6.07, 6.45) is 6.79. The van der Waals surface area contributed by atoms with Crippen LogP contribution in [0.2, 0.25) is 0 Å². The van der Waals surface area contributed by atoms with Gasteiger partial charge in [0.2, 0.25) is 11.8 Å². The Morgan fingerprint density at radius 3 is 2.67 bits per heavy atom. The van der Waals surface area contributed by atoms with Gasteiger partial charge in [0, 0.05) is 18.5 Å². The third-order valence-corrected chi connectivity index (χ3v) is 4.75. The summed E-state index contributed by atoms with van der Waals surface area (Å²) < 4.78 is 11.6. The number of anilines is 1. The molecule has 8 heteroatoms. The lowest BCUT2D eigenvalue weighted by Gasteiger charge is -2.11. The van der Waals surface area contributed by atoms with E-state index in [9.17, 15) is 9.59 Å². The van der Waals surface area contributed by atoms with Gasteiger partial charge in [-0.15, -0.1) is 6.42 Å². The molecule has 2 aromatic carbocycles. The number of hydrazone groups is 1. The number of carbonyl (C=O) groups is 2. The van der Waals surface area contributed by atoms with Crippen molar-refractivity contribution in [1.82, 2.24) is 5.43 Å². The second-order valence-corrected chi connectivity index (χ2v) is 7.35. The number of aryl methyl sites for hydroxylation is 1. The molecule has 0 spiro atoms. The van der Waals surface area contributed by atoms with E-state index < -0.39 is 0 Å². The fourth-order valence-corrected chi connectivity index (χ4v) is 3.24. The SMILES string of the molecule is C#CCOc1c(I)cc(C=NNC(=O)CCC(=O)Nc2ccccc2C)cc1OC. The maximum atomic E-state index is 12.0. The molecule has 0 saturated carbocycles. The molecule has 0 bridgehead atoms. The van der Waals surface area contributed by atoms with E-state index in [0.717, 1.165) is 14.8 Å². The van der Waals surface area contributed by atoms with Crippen LogP contribution in [0.4, 0.5) is 5.69 Å². The van der Waals surface area contributed by atoms with Gasteiger partial charge in [-0.2, -0.15) is 5.10 Å². The van der Waals surface area contributed by atoms with Crippen LogP contribution in [-0.2, 0) is 9.59 Å². The molecule has 0 radical (unpaired) electrons. The van der Waals surface area contributed by atoms with Crippen LogP contribution in [0.5, 0.6) is 11.5 Å². The number of nitrogens with zero attached hydrogens (tertiary/aromatic N) is 1. The number of methoxy groups -OCH3 is 1. The summed E-state index contributed by atoms with van der Waals surface area (Å²) in [6, 6.07) is 11.0. The topological polar surface area (TPSA) is 89.0 Å². The maximum Gasteiger partial charge on any atom is 0.240 e. The highest BCUT2D eigenvalue weighted by Gasteiger charge is 2.11. The lowest BCUT2D eigenvalue weighted by atomic mass is 10.2. The third-order valence-electron chi connectivity index (χ3n) is 3.95. The number of terminal acetylenes is 1. The number of hydrogen-bond donors (Lipinski definition) is 2. The molecule has 30 heavy (non-hydrogen) atoms. The Hall–Kier alpha value is -3.06. The number of carbonyl (C=O) groups excluding carboxylic acids is 2. The minimum Gasteiger partial charge on any atom is -0.493 e. The monoisotopic (exact) mass is 519 g/mol. The Balaban J connectivity index is 1.87. The van der Waals surface area contributed by atoms with Crippen molar-refractivity contribution >= 4 is 46.3 Å². The van der Waals surface area contributed by atoms with Crippen LogP contribution < -0.4 is 20.2 Å². The highest BCUT2D eigenvalue weighted by molar-refractivity contribution is 14.1. The summed E-state index contributed by atoms with van der Waals surface area (Å²) in [4.78, 5) is 24.0. The number of amides is 2. The minimum atomic E-state index is -0.359. The summed E-state index contributed by atoms with van der Waals surface area (Å²) in [6.45, 7) is 2.04. The first kappa shape index (κ1) is 23.2. The van der Waals surface area contributed by atoms with Gasteiger partial charge >= 0.3 is 0 Å². The molecule has 0 aliphatic heterocycles. The van der Waals surface area contributed by atoms with Gasteiger partial charge in [-0.25, -0.2) is 5.43 Å². The van der Waals surface area contributed by atoms with E-state index in [4.69, 9.17) is 15.9 Å². The van der Waals surface area contributed by atoms with E-state index in [0.29, 0.717) is 17.1 Å². The average molecular weight is 519 g/mol. The van der Waals surface area contributed by atoms with Gasteiger partial charge in [0.15, 0.2) is 11.5 Å². The van der Waals surface area contributed by atoms with E-state index in [1.807, 2.05) is 37.3 Å². The van der Waals surface area contributed by atoms with Crippen LogP contribution in [0, 0.1) is 22.8 Å². The number of hydrogen-bond acceptors (Lipinski definition) is 5. The Morgan fingerprint density at radius 2 is 1.97 bits per heavy atom. The van der Waals surface area contributed by atoms with Gasteiger partial charge in [0.25, 0.3) is 0 Å². The largest absolute Gasteiger partial charge is 0.493 e. The fraction of sp³-hybridized carbons (Fsp3) is 0.227. The molecule has 156 valence electrons. The molecule has 0 aromatic heterocycles. The third kappa shape index (κ3) is 7.08. The van der Waals surface area contributed by atoms with Gasteiger partial charge in [0.05, 0.1) is 16.9 Å². The van der Waals surface area contributed by atoms with Crippen LogP contribution >= 0.6 is 22.6 Å². The van der Waals surface area contributed by atoms with Gasteiger partial charge in [-0.1, -0.05) is 24.1 Å². The molecule has 2 N–H and O–H groups in total. The van der Waals surface area contributed by atoms with E-state index in [1.165, 1.54) is 13.3 Å². The van der Waals surface area contributed by atoms with Gasteiger partial charge in [0.1, 0.15) is 6.61 Å². The van der Waals surface area contributed by atoms with Gasteiger partial charge in [-0.05, 0) is 58.8 Å². The number of benzene rings is 2. The zero-order valence-corrected chi connectivity index (χ0v) is 18.9. The molecule has 0 atom stereocenters. The zero-order chi connectivity index (χ0) is 21.9. The maximum absolute atomic E-state index is 12.0. The van der Waals surface area contributed by atoms with Crippen molar-refractivity contribution in [2.24, 2.45) is 5.10 Å². The van der Waals surface area contributed by atoms with Gasteiger partial charge in [-0.3, -0.25) is 9.59 Å². The molecule has 0 saturated heterocycles. The van der Waals surface area contributed by atoms with E-state index in [1.54, 1.807) is 6.07 Å². The summed E-state index contributed by atoms with van der Waals surface area (Å²) >= 11 is 2.10. The highest BCUT2D eigenvalue weighted by atomic mass is 127. The van der Waals surface area contributed by atoms with E-state index in [2.05, 4.69) is 44.4 Å². The Morgan fingerprint density at radius 1 is 1.23 bits per heavy atom. The molecule has 0 fully saturated rings. The first-order chi connectivity index (χ1) is 14.4. The average Bonchev–Trinajstić information content (AvgIpc) is 2.73. The van der Waals surface area contributed by atoms with E-state index >= 15 is 0 Å². The molecule has 2 amide bonds. The number of ether oxygens (including phenoxy) is 2. The molecule has 0 unspecified atom stereocenters. The molecular formula is C22H22IN3O4. The molecule has 7 nitrogen and oxygen atoms in total. The second-order valence-electron chi connectivity index (χ2n) is 6.18. The van der Waals surface area contributed by atoms with E-state index in [-0.39, 0.29) is 31.3 Å². The molecule has 0 aliphatic rings. The quantitative estimate of drug-likeness (QED) is 0.230. The smallest absolute Gasteiger partial charge is 0.240 e. The number of halogens is 1. The Kier molecular flexibility index (Phi) is 9.15. The Bertz CT molecular complexity index is 983. The van der Waals surface area contributed by atoms with Crippen molar-refractivity contribution in [2.45, 2.75) is 19.8 Å². The minimum absolute atomic E-state index is 0.0226. The molecule has 0 heterocycles. The van der Waals surface area contributed by atoms with Crippen molar-refractivity contribution in [3.63, 3.8) is 0 Å². The summed E-state index contributed by atoms with van der Waals surface area (Å²) in [7, 11) is 1.53. The first-order valence-corrected chi connectivity index (χ1v) is 10.1. The molecule has 0 aliphatic carbocycles. The Labute approximate surface area is 189 Å². The summed E-state index contributed by atoms with van der Waals surface area (Å²) in [5.41, 5.74) is 4.82. The number of nitrogens with one attached hydrogen (secondary N) is 2. The van der Waals surface area contributed by atoms with Crippen LogP contribution in [0.3, 0.4) is 0 Å². The number of para-hydroxylation sites is 1. The zero-order valence-electron chi connectivity index (χ0n) is 16.7. The van der Waals surface area contributed by atoms with Crippen molar-refractivity contribution in [2.75, 3.05) is 19.0 Å². The van der Waals surface area contributed by atoms with Crippen LogP contribution in [0.25, 0.3) is 0 Å². The van der Waals surface area contributed by atoms with Crippen LogP contribution in [0.15, 0.2) is 41.5 Å². The highest BCUT2D eigenvalue weighted by Crippen LogP contribution is 2.33. The normalized spacial score (nSPS) is 10.3. The van der Waals surface area contributed by atoms with Crippen molar-refractivity contribution in [1.29, 1.82) is 0 Å². The summed E-state index contributed by atoms with van der Waals surface area (Å²) in [5.74, 6) is 2.88. The molecule has 2 aromatic rings. The van der Waals surface area contributed by atoms with Crippen LogP contribution in [-0.4, -0.2) is 31.7 Å². The first-order valence-electron chi connectivity index (χ1n) is 9.05. The molecular weight excluding hydrogens is 497 g/mol.